The average Bonchev–Trinajstić information content (AvgIpc) is 2.28. The van der Waals surface area contributed by atoms with Crippen LogP contribution in [-0.2, 0) is 4.79 Å². The molecule has 0 radical (unpaired) electrons. The third-order valence-corrected chi connectivity index (χ3v) is 3.24. The molecule has 90 valence electrons. The van der Waals surface area contributed by atoms with Crippen LogP contribution in [0, 0.1) is 5.92 Å². The quantitative estimate of drug-likeness (QED) is 0.643. The van der Waals surface area contributed by atoms with Gasteiger partial charge in [0.2, 0.25) is 5.91 Å². The first-order valence-electron chi connectivity index (χ1n) is 5.97. The number of rotatable bonds is 0. The summed E-state index contributed by atoms with van der Waals surface area (Å²) in [5, 5.41) is 2.73. The highest BCUT2D eigenvalue weighted by atomic mass is 16.2. The highest BCUT2D eigenvalue weighted by Gasteiger charge is 2.28. The number of nitrogens with zero attached hydrogens (tertiary/aromatic N) is 2. The second-order valence-corrected chi connectivity index (χ2v) is 4.75. The molecule has 0 aromatic heterocycles. The van der Waals surface area contributed by atoms with Crippen molar-refractivity contribution in [2.24, 2.45) is 5.92 Å². The Morgan fingerprint density at radius 2 is 2.19 bits per heavy atom. The minimum atomic E-state index is -0.0512. The van der Waals surface area contributed by atoms with Crippen LogP contribution in [0.25, 0.3) is 0 Å². The van der Waals surface area contributed by atoms with Crippen molar-refractivity contribution in [3.8, 4) is 0 Å². The van der Waals surface area contributed by atoms with Gasteiger partial charge in [0.05, 0.1) is 0 Å². The summed E-state index contributed by atoms with van der Waals surface area (Å²) in [5.41, 5.74) is 0. The molecule has 5 heteroatoms. The van der Waals surface area contributed by atoms with Crippen molar-refractivity contribution in [3.63, 3.8) is 0 Å². The average molecular weight is 225 g/mol. The fourth-order valence-corrected chi connectivity index (χ4v) is 2.37. The number of carbonyl (C=O) groups is 2. The molecule has 0 bridgehead atoms. The van der Waals surface area contributed by atoms with Crippen molar-refractivity contribution in [2.75, 3.05) is 32.7 Å². The topological polar surface area (TPSA) is 52.7 Å². The Balaban J connectivity index is 1.92. The zero-order valence-electron chi connectivity index (χ0n) is 9.74. The van der Waals surface area contributed by atoms with Crippen molar-refractivity contribution in [1.29, 1.82) is 0 Å². The summed E-state index contributed by atoms with van der Waals surface area (Å²) in [7, 11) is 0. The van der Waals surface area contributed by atoms with Crippen LogP contribution < -0.4 is 5.32 Å². The molecular formula is C11H19N3O2. The molecule has 0 aliphatic carbocycles. The van der Waals surface area contributed by atoms with Crippen molar-refractivity contribution in [2.45, 2.75) is 19.8 Å². The maximum atomic E-state index is 12.1. The molecule has 2 aliphatic heterocycles. The van der Waals surface area contributed by atoms with Gasteiger partial charge in [0, 0.05) is 26.2 Å². The summed E-state index contributed by atoms with van der Waals surface area (Å²) in [6.45, 7) is 5.26. The van der Waals surface area contributed by atoms with Crippen LogP contribution in [0.15, 0.2) is 0 Å². The van der Waals surface area contributed by atoms with Crippen molar-refractivity contribution < 1.29 is 9.59 Å². The second-order valence-electron chi connectivity index (χ2n) is 4.75. The predicted molar refractivity (Wildman–Crippen MR) is 59.9 cm³/mol. The fourth-order valence-electron chi connectivity index (χ4n) is 2.37. The molecule has 0 aromatic rings. The van der Waals surface area contributed by atoms with Crippen LogP contribution in [0.3, 0.4) is 0 Å². The molecular weight excluding hydrogens is 206 g/mol. The summed E-state index contributed by atoms with van der Waals surface area (Å²) in [6, 6.07) is 0.0291. The second kappa shape index (κ2) is 4.72. The van der Waals surface area contributed by atoms with Crippen LogP contribution in [0.4, 0.5) is 4.79 Å². The normalized spacial score (nSPS) is 26.6. The van der Waals surface area contributed by atoms with Gasteiger partial charge in [-0.15, -0.1) is 0 Å². The molecule has 2 heterocycles. The number of hydrogen-bond donors (Lipinski definition) is 1. The molecule has 2 aliphatic rings. The first-order chi connectivity index (χ1) is 7.66. The Morgan fingerprint density at radius 1 is 1.38 bits per heavy atom. The Kier molecular flexibility index (Phi) is 3.31. The van der Waals surface area contributed by atoms with E-state index in [0.717, 1.165) is 19.5 Å². The Labute approximate surface area is 95.8 Å². The van der Waals surface area contributed by atoms with Gasteiger partial charge in [-0.05, 0) is 18.8 Å². The summed E-state index contributed by atoms with van der Waals surface area (Å²) < 4.78 is 0. The number of piperidine rings is 1. The van der Waals surface area contributed by atoms with Crippen LogP contribution in [0.2, 0.25) is 0 Å². The van der Waals surface area contributed by atoms with E-state index in [1.807, 2.05) is 4.90 Å². The van der Waals surface area contributed by atoms with Gasteiger partial charge in [-0.2, -0.15) is 0 Å². The molecule has 0 spiro atoms. The zero-order valence-corrected chi connectivity index (χ0v) is 9.74. The zero-order chi connectivity index (χ0) is 11.5. The van der Waals surface area contributed by atoms with E-state index in [-0.39, 0.29) is 18.5 Å². The number of hydrogen-bond acceptors (Lipinski definition) is 2. The summed E-state index contributed by atoms with van der Waals surface area (Å²) in [6.07, 6.45) is 2.28. The van der Waals surface area contributed by atoms with Gasteiger partial charge in [0.25, 0.3) is 0 Å². The smallest absolute Gasteiger partial charge is 0.320 e. The highest BCUT2D eigenvalue weighted by Crippen LogP contribution is 2.17. The molecule has 3 amide bonds. The van der Waals surface area contributed by atoms with Gasteiger partial charge in [0.1, 0.15) is 6.54 Å². The molecule has 1 atom stereocenters. The van der Waals surface area contributed by atoms with E-state index in [1.165, 1.54) is 6.42 Å². The Bertz CT molecular complexity index is 293. The number of carbonyl (C=O) groups excluding carboxylic acids is 2. The number of likely N-dealkylation sites (tertiary alicyclic amines) is 1. The molecule has 2 rings (SSSR count). The molecule has 5 nitrogen and oxygen atoms in total. The molecule has 0 saturated carbocycles. The molecule has 1 N–H and O–H groups in total. The molecule has 2 saturated heterocycles. The van der Waals surface area contributed by atoms with Gasteiger partial charge in [0.15, 0.2) is 0 Å². The van der Waals surface area contributed by atoms with E-state index in [0.29, 0.717) is 19.0 Å². The summed E-state index contributed by atoms with van der Waals surface area (Å²) in [5.74, 6) is 0.529. The summed E-state index contributed by atoms with van der Waals surface area (Å²) in [4.78, 5) is 26.8. The van der Waals surface area contributed by atoms with Gasteiger partial charge in [-0.25, -0.2) is 4.79 Å². The van der Waals surface area contributed by atoms with Crippen LogP contribution in [0.5, 0.6) is 0 Å². The van der Waals surface area contributed by atoms with Gasteiger partial charge in [-0.3, -0.25) is 4.79 Å². The van der Waals surface area contributed by atoms with Gasteiger partial charge in [-0.1, -0.05) is 6.92 Å². The van der Waals surface area contributed by atoms with E-state index in [1.54, 1.807) is 4.90 Å². The van der Waals surface area contributed by atoms with Crippen LogP contribution in [0.1, 0.15) is 19.8 Å². The molecule has 1 unspecified atom stereocenters. The first-order valence-corrected chi connectivity index (χ1v) is 5.97. The lowest BCUT2D eigenvalue weighted by Crippen LogP contribution is -2.55. The largest absolute Gasteiger partial charge is 0.353 e. The molecule has 0 aromatic carbocycles. The first kappa shape index (κ1) is 11.2. The van der Waals surface area contributed by atoms with Crippen molar-refractivity contribution in [1.82, 2.24) is 15.1 Å². The Morgan fingerprint density at radius 3 is 2.88 bits per heavy atom. The number of urea groups is 1. The highest BCUT2D eigenvalue weighted by molar-refractivity contribution is 5.85. The third-order valence-electron chi connectivity index (χ3n) is 3.24. The van der Waals surface area contributed by atoms with Crippen molar-refractivity contribution >= 4 is 11.9 Å². The maximum Gasteiger partial charge on any atom is 0.320 e. The SMILES string of the molecule is CC1CCCN(C(=O)N2CCNC(=O)C2)C1. The number of nitrogens with one attached hydrogen (secondary N) is 1. The van der Waals surface area contributed by atoms with E-state index < -0.39 is 0 Å². The number of amides is 3. The maximum absolute atomic E-state index is 12.1. The standard InChI is InChI=1S/C11H19N3O2/c1-9-3-2-5-13(7-9)11(16)14-6-4-12-10(15)8-14/h9H,2-8H2,1H3,(H,12,15). The molecule has 16 heavy (non-hydrogen) atoms. The van der Waals surface area contributed by atoms with Crippen LogP contribution >= 0.6 is 0 Å². The van der Waals surface area contributed by atoms with E-state index in [9.17, 15) is 9.59 Å². The minimum absolute atomic E-state index is 0.0291. The van der Waals surface area contributed by atoms with Gasteiger partial charge < -0.3 is 15.1 Å². The van der Waals surface area contributed by atoms with E-state index in [4.69, 9.17) is 0 Å². The number of piperazine rings is 1. The lowest BCUT2D eigenvalue weighted by atomic mass is 10.0. The molecule has 2 fully saturated rings. The van der Waals surface area contributed by atoms with Gasteiger partial charge >= 0.3 is 6.03 Å². The fraction of sp³-hybridized carbons (Fsp3) is 0.818. The van der Waals surface area contributed by atoms with Crippen LogP contribution in [-0.4, -0.2) is 54.5 Å². The third kappa shape index (κ3) is 2.46. The lowest BCUT2D eigenvalue weighted by molar-refractivity contribution is -0.123. The van der Waals surface area contributed by atoms with E-state index in [2.05, 4.69) is 12.2 Å². The lowest BCUT2D eigenvalue weighted by Gasteiger charge is -2.36. The summed E-state index contributed by atoms with van der Waals surface area (Å²) >= 11 is 0. The predicted octanol–water partition coefficient (Wildman–Crippen LogP) is 0.270. The minimum Gasteiger partial charge on any atom is -0.353 e. The Hall–Kier alpha value is -1.26. The van der Waals surface area contributed by atoms with E-state index >= 15 is 0 Å². The monoisotopic (exact) mass is 225 g/mol. The van der Waals surface area contributed by atoms with Crippen molar-refractivity contribution in [3.05, 3.63) is 0 Å².